The third-order valence-electron chi connectivity index (χ3n) is 3.91. The van der Waals surface area contributed by atoms with Crippen LogP contribution in [0.5, 0.6) is 0 Å². The van der Waals surface area contributed by atoms with Crippen molar-refractivity contribution in [2.45, 2.75) is 12.8 Å². The van der Waals surface area contributed by atoms with E-state index in [9.17, 15) is 18.8 Å². The van der Waals surface area contributed by atoms with Crippen LogP contribution in [0.15, 0.2) is 47.6 Å². The summed E-state index contributed by atoms with van der Waals surface area (Å²) in [6, 6.07) is 9.76. The van der Waals surface area contributed by atoms with E-state index in [1.807, 2.05) is 0 Å². The highest BCUT2D eigenvalue weighted by atomic mass is 35.5. The molecule has 7 nitrogen and oxygen atoms in total. The molecule has 0 saturated heterocycles. The molecule has 1 aliphatic rings. The monoisotopic (exact) mass is 436 g/mol. The summed E-state index contributed by atoms with van der Waals surface area (Å²) in [5.74, 6) is -1.87. The Morgan fingerprint density at radius 2 is 1.66 bits per heavy atom. The Kier molecular flexibility index (Phi) is 6.46. The molecule has 0 aliphatic carbocycles. The minimum Gasteiger partial charge on any atom is -0.324 e. The van der Waals surface area contributed by atoms with E-state index in [4.69, 9.17) is 23.2 Å². The zero-order valence-electron chi connectivity index (χ0n) is 14.9. The van der Waals surface area contributed by atoms with Gasteiger partial charge in [0, 0.05) is 34.3 Å². The van der Waals surface area contributed by atoms with Crippen LogP contribution < -0.4 is 10.6 Å². The number of hydrogen-bond donors (Lipinski definition) is 2. The van der Waals surface area contributed by atoms with E-state index in [2.05, 4.69) is 15.7 Å². The number of rotatable bonds is 5. The fourth-order valence-electron chi connectivity index (χ4n) is 2.59. The highest BCUT2D eigenvalue weighted by Gasteiger charge is 2.26. The Morgan fingerprint density at radius 3 is 2.31 bits per heavy atom. The second kappa shape index (κ2) is 9.02. The molecule has 2 aromatic rings. The van der Waals surface area contributed by atoms with E-state index in [-0.39, 0.29) is 31.0 Å². The lowest BCUT2D eigenvalue weighted by Crippen LogP contribution is -2.40. The number of carbonyl (C=O) groups is 3. The molecule has 1 aliphatic heterocycles. The average molecular weight is 437 g/mol. The normalized spacial score (nSPS) is 13.7. The number of anilines is 2. The second-order valence-corrected chi connectivity index (χ2v) is 7.04. The Hall–Kier alpha value is -2.97. The molecule has 0 bridgehead atoms. The van der Waals surface area contributed by atoms with Crippen molar-refractivity contribution in [3.05, 3.63) is 58.3 Å². The van der Waals surface area contributed by atoms with E-state index in [1.54, 1.807) is 0 Å². The first-order chi connectivity index (χ1) is 13.8. The van der Waals surface area contributed by atoms with E-state index in [1.165, 1.54) is 42.5 Å². The molecule has 29 heavy (non-hydrogen) atoms. The van der Waals surface area contributed by atoms with E-state index in [0.717, 1.165) is 5.01 Å². The minimum absolute atomic E-state index is 0.0337. The molecule has 0 fully saturated rings. The lowest BCUT2D eigenvalue weighted by atomic mass is 10.1. The summed E-state index contributed by atoms with van der Waals surface area (Å²) < 4.78 is 13.0. The summed E-state index contributed by atoms with van der Waals surface area (Å²) in [6.07, 6.45) is 0.166. The van der Waals surface area contributed by atoms with E-state index < -0.39 is 17.6 Å². The largest absolute Gasteiger partial charge is 0.324 e. The molecule has 0 unspecified atom stereocenters. The molecule has 3 rings (SSSR count). The summed E-state index contributed by atoms with van der Waals surface area (Å²) in [6.45, 7) is -0.379. The van der Waals surface area contributed by atoms with Gasteiger partial charge in [0.15, 0.2) is 0 Å². The number of amides is 3. The van der Waals surface area contributed by atoms with Crippen LogP contribution in [0.4, 0.5) is 15.8 Å². The van der Waals surface area contributed by atoms with Crippen LogP contribution in [0.2, 0.25) is 10.0 Å². The number of benzene rings is 2. The predicted octanol–water partition coefficient (Wildman–Crippen LogP) is 3.69. The van der Waals surface area contributed by atoms with Crippen molar-refractivity contribution >= 4 is 58.0 Å². The Morgan fingerprint density at radius 1 is 1.00 bits per heavy atom. The predicted molar refractivity (Wildman–Crippen MR) is 109 cm³/mol. The van der Waals surface area contributed by atoms with Gasteiger partial charge >= 0.3 is 0 Å². The van der Waals surface area contributed by atoms with Gasteiger partial charge in [-0.3, -0.25) is 14.4 Å². The van der Waals surface area contributed by atoms with Gasteiger partial charge < -0.3 is 10.6 Å². The van der Waals surface area contributed by atoms with Gasteiger partial charge in [-0.2, -0.15) is 5.10 Å². The molecule has 2 aromatic carbocycles. The number of carbonyl (C=O) groups excluding carboxylic acids is 3. The topological polar surface area (TPSA) is 90.9 Å². The van der Waals surface area contributed by atoms with Gasteiger partial charge in [-0.15, -0.1) is 0 Å². The molecule has 0 aromatic heterocycles. The first-order valence-corrected chi connectivity index (χ1v) is 9.26. The van der Waals surface area contributed by atoms with Crippen molar-refractivity contribution in [1.29, 1.82) is 0 Å². The summed E-state index contributed by atoms with van der Waals surface area (Å²) in [5, 5.41) is 10.8. The zero-order chi connectivity index (χ0) is 21.0. The molecular weight excluding hydrogens is 422 g/mol. The Balaban J connectivity index is 1.66. The van der Waals surface area contributed by atoms with Crippen molar-refractivity contribution in [2.75, 3.05) is 17.2 Å². The third kappa shape index (κ3) is 5.75. The molecule has 10 heteroatoms. The lowest BCUT2D eigenvalue weighted by Gasteiger charge is -2.22. The maximum Gasteiger partial charge on any atom is 0.271 e. The number of nitrogens with one attached hydrogen (secondary N) is 2. The number of halogens is 3. The lowest BCUT2D eigenvalue weighted by molar-refractivity contribution is -0.135. The fourth-order valence-corrected chi connectivity index (χ4v) is 3.11. The number of hydrogen-bond acceptors (Lipinski definition) is 4. The molecule has 2 N–H and O–H groups in total. The summed E-state index contributed by atoms with van der Waals surface area (Å²) in [7, 11) is 0. The molecule has 150 valence electrons. The van der Waals surface area contributed by atoms with Crippen LogP contribution in [0.3, 0.4) is 0 Å². The summed E-state index contributed by atoms with van der Waals surface area (Å²) in [5.41, 5.74) is 0.848. The van der Waals surface area contributed by atoms with E-state index >= 15 is 0 Å². The van der Waals surface area contributed by atoms with Crippen molar-refractivity contribution in [1.82, 2.24) is 5.01 Å². The van der Waals surface area contributed by atoms with Gasteiger partial charge in [-0.25, -0.2) is 9.40 Å². The van der Waals surface area contributed by atoms with Crippen LogP contribution in [-0.4, -0.2) is 35.0 Å². The molecule has 0 spiro atoms. The molecule has 0 saturated carbocycles. The highest BCUT2D eigenvalue weighted by Crippen LogP contribution is 2.22. The van der Waals surface area contributed by atoms with Gasteiger partial charge in [-0.1, -0.05) is 23.2 Å². The van der Waals surface area contributed by atoms with Crippen LogP contribution in [0.25, 0.3) is 0 Å². The van der Waals surface area contributed by atoms with Gasteiger partial charge in [0.05, 0.1) is 0 Å². The minimum atomic E-state index is -0.531. The zero-order valence-corrected chi connectivity index (χ0v) is 16.4. The average Bonchev–Trinajstić information content (AvgIpc) is 2.64. The van der Waals surface area contributed by atoms with Crippen molar-refractivity contribution < 1.29 is 18.8 Å². The first kappa shape index (κ1) is 20.8. The molecule has 0 atom stereocenters. The summed E-state index contributed by atoms with van der Waals surface area (Å²) in [4.78, 5) is 36.7. The second-order valence-electron chi connectivity index (χ2n) is 6.17. The van der Waals surface area contributed by atoms with E-state index in [0.29, 0.717) is 21.4 Å². The Bertz CT molecular complexity index is 975. The first-order valence-electron chi connectivity index (χ1n) is 8.51. The van der Waals surface area contributed by atoms with Gasteiger partial charge in [0.2, 0.25) is 11.8 Å². The van der Waals surface area contributed by atoms with Gasteiger partial charge in [0.1, 0.15) is 18.1 Å². The number of hydrazone groups is 1. The van der Waals surface area contributed by atoms with Crippen molar-refractivity contribution in [2.24, 2.45) is 5.10 Å². The van der Waals surface area contributed by atoms with Gasteiger partial charge in [-0.05, 0) is 42.5 Å². The van der Waals surface area contributed by atoms with Gasteiger partial charge in [0.25, 0.3) is 5.91 Å². The smallest absolute Gasteiger partial charge is 0.271 e. The maximum atomic E-state index is 13.0. The SMILES string of the molecule is O=C(CN1N=C(C(=O)Nc2ccc(F)cc2)CCC1=O)Nc1cc(Cl)cc(Cl)c1. The van der Waals surface area contributed by atoms with Crippen molar-refractivity contribution in [3.8, 4) is 0 Å². The highest BCUT2D eigenvalue weighted by molar-refractivity contribution is 6.43. The molecule has 3 amide bonds. The quantitative estimate of drug-likeness (QED) is 0.748. The molecular formula is C19H15Cl2FN4O3. The third-order valence-corrected chi connectivity index (χ3v) is 4.35. The standard InChI is InChI=1S/C19H15Cl2FN4O3/c20-11-7-12(21)9-15(8-11)23-17(27)10-26-18(28)6-5-16(25-26)19(29)24-14-3-1-13(22)2-4-14/h1-4,7-9H,5-6,10H2,(H,23,27)(H,24,29). The number of nitrogens with zero attached hydrogens (tertiary/aromatic N) is 2. The molecule has 0 radical (unpaired) electrons. The summed E-state index contributed by atoms with van der Waals surface area (Å²) >= 11 is 11.8. The van der Waals surface area contributed by atoms with Crippen molar-refractivity contribution in [3.63, 3.8) is 0 Å². The fraction of sp³-hybridized carbons (Fsp3) is 0.158. The Labute approximate surface area is 175 Å². The van der Waals surface area contributed by atoms with Crippen LogP contribution in [0.1, 0.15) is 12.8 Å². The van der Waals surface area contributed by atoms with Crippen LogP contribution >= 0.6 is 23.2 Å². The molecule has 1 heterocycles. The van der Waals surface area contributed by atoms with Crippen LogP contribution in [-0.2, 0) is 14.4 Å². The maximum absolute atomic E-state index is 13.0. The van der Waals surface area contributed by atoms with Crippen LogP contribution in [0, 0.1) is 5.82 Å².